The van der Waals surface area contributed by atoms with Crippen molar-refractivity contribution in [3.63, 3.8) is 0 Å². The molecule has 0 atom stereocenters. The molecule has 0 bridgehead atoms. The van der Waals surface area contributed by atoms with Crippen LogP contribution in [0.4, 0.5) is 5.69 Å². The third kappa shape index (κ3) is 3.93. The van der Waals surface area contributed by atoms with Crippen molar-refractivity contribution in [2.45, 2.75) is 44.2 Å². The Morgan fingerprint density at radius 3 is 2.50 bits per heavy atom. The molecule has 1 aliphatic heterocycles. The monoisotopic (exact) mass is 332 g/mol. The van der Waals surface area contributed by atoms with Crippen molar-refractivity contribution >= 4 is 11.6 Å². The Morgan fingerprint density at radius 2 is 1.83 bits per heavy atom. The number of aliphatic imine (C=N–C) groups is 1. The summed E-state index contributed by atoms with van der Waals surface area (Å²) in [5.41, 5.74) is 6.90. The van der Waals surface area contributed by atoms with Crippen LogP contribution >= 0.6 is 0 Å². The van der Waals surface area contributed by atoms with Crippen molar-refractivity contribution in [2.24, 2.45) is 10.7 Å². The fourth-order valence-electron chi connectivity index (χ4n) is 3.54. The van der Waals surface area contributed by atoms with Crippen molar-refractivity contribution in [1.29, 1.82) is 0 Å². The minimum Gasteiger partial charge on any atom is -0.493 e. The van der Waals surface area contributed by atoms with Crippen molar-refractivity contribution in [1.82, 2.24) is 4.90 Å². The van der Waals surface area contributed by atoms with Crippen molar-refractivity contribution < 1.29 is 9.47 Å². The van der Waals surface area contributed by atoms with Crippen molar-refractivity contribution in [3.05, 3.63) is 18.2 Å². The van der Waals surface area contributed by atoms with E-state index >= 15 is 0 Å². The topological polar surface area (TPSA) is 72.1 Å². The molecular weight excluding hydrogens is 304 g/mol. The normalized spacial score (nSPS) is 25.0. The molecule has 0 unspecified atom stereocenters. The zero-order chi connectivity index (χ0) is 16.9. The summed E-state index contributed by atoms with van der Waals surface area (Å²) in [6.07, 6.45) is 6.30. The Bertz CT molecular complexity index is 578. The number of likely N-dealkylation sites (tertiary alicyclic amines) is 1. The Balaban J connectivity index is 1.52. The lowest BCUT2D eigenvalue weighted by Gasteiger charge is -2.43. The molecule has 0 radical (unpaired) electrons. The van der Waals surface area contributed by atoms with E-state index in [4.69, 9.17) is 15.2 Å². The molecule has 24 heavy (non-hydrogen) atoms. The zero-order valence-corrected chi connectivity index (χ0v) is 14.6. The summed E-state index contributed by atoms with van der Waals surface area (Å²) in [5, 5.41) is 3.14. The maximum atomic E-state index is 6.06. The SMILES string of the molecule is COc1ccc(NC(N)=NC2CC(N3CCCCC3)C2)cc1OC. The van der Waals surface area contributed by atoms with E-state index in [1.54, 1.807) is 14.2 Å². The second-order valence-corrected chi connectivity index (χ2v) is 6.58. The van der Waals surface area contributed by atoms with Crippen LogP contribution in [-0.2, 0) is 0 Å². The summed E-state index contributed by atoms with van der Waals surface area (Å²) < 4.78 is 10.5. The minimum absolute atomic E-state index is 0.338. The summed E-state index contributed by atoms with van der Waals surface area (Å²) in [7, 11) is 3.24. The number of hydrogen-bond acceptors (Lipinski definition) is 4. The van der Waals surface area contributed by atoms with Gasteiger partial charge in [0.05, 0.1) is 20.3 Å². The molecule has 3 N–H and O–H groups in total. The highest BCUT2D eigenvalue weighted by Crippen LogP contribution is 2.31. The standard InChI is InChI=1S/C18H28N4O2/c1-23-16-7-6-13(12-17(16)24-2)20-18(19)21-14-10-15(11-14)22-8-4-3-5-9-22/h6-7,12,14-15H,3-5,8-11H2,1-2H3,(H3,19,20,21). The first-order valence-corrected chi connectivity index (χ1v) is 8.76. The first-order valence-electron chi connectivity index (χ1n) is 8.76. The van der Waals surface area contributed by atoms with Gasteiger partial charge in [-0.25, -0.2) is 4.99 Å². The molecule has 0 amide bonds. The number of nitrogens with zero attached hydrogens (tertiary/aromatic N) is 2. The van der Waals surface area contributed by atoms with Gasteiger partial charge in [0.1, 0.15) is 0 Å². The van der Waals surface area contributed by atoms with Crippen LogP contribution < -0.4 is 20.5 Å². The van der Waals surface area contributed by atoms with Gasteiger partial charge in [-0.2, -0.15) is 0 Å². The number of rotatable bonds is 5. The third-order valence-electron chi connectivity index (χ3n) is 4.97. The lowest BCUT2D eigenvalue weighted by Crippen LogP contribution is -2.49. The smallest absolute Gasteiger partial charge is 0.193 e. The van der Waals surface area contributed by atoms with Crippen LogP contribution in [0.25, 0.3) is 0 Å². The molecule has 0 aromatic heterocycles. The molecule has 1 aliphatic carbocycles. The van der Waals surface area contributed by atoms with Gasteiger partial charge in [-0.3, -0.25) is 0 Å². The summed E-state index contributed by atoms with van der Waals surface area (Å²) >= 11 is 0. The second-order valence-electron chi connectivity index (χ2n) is 6.58. The molecule has 1 heterocycles. The van der Waals surface area contributed by atoms with E-state index in [0.29, 0.717) is 29.5 Å². The Morgan fingerprint density at radius 1 is 1.12 bits per heavy atom. The fraction of sp³-hybridized carbons (Fsp3) is 0.611. The molecule has 1 saturated heterocycles. The van der Waals surface area contributed by atoms with Crippen LogP contribution in [0.1, 0.15) is 32.1 Å². The van der Waals surface area contributed by atoms with Gasteiger partial charge in [0, 0.05) is 17.8 Å². The highest BCUT2D eigenvalue weighted by atomic mass is 16.5. The minimum atomic E-state index is 0.338. The Kier molecular flexibility index (Phi) is 5.45. The number of piperidine rings is 1. The Labute approximate surface area is 144 Å². The van der Waals surface area contributed by atoms with Crippen LogP contribution in [-0.4, -0.2) is 50.3 Å². The molecule has 3 rings (SSSR count). The lowest BCUT2D eigenvalue weighted by atomic mass is 9.85. The highest BCUT2D eigenvalue weighted by molar-refractivity contribution is 5.92. The number of nitrogens with two attached hydrogens (primary N) is 1. The van der Waals surface area contributed by atoms with Gasteiger partial charge < -0.3 is 25.4 Å². The number of ether oxygens (including phenoxy) is 2. The van der Waals surface area contributed by atoms with E-state index < -0.39 is 0 Å². The largest absolute Gasteiger partial charge is 0.493 e. The van der Waals surface area contributed by atoms with E-state index in [2.05, 4.69) is 15.2 Å². The van der Waals surface area contributed by atoms with Crippen LogP contribution in [0.5, 0.6) is 11.5 Å². The molecule has 1 aromatic carbocycles. The molecule has 132 valence electrons. The lowest BCUT2D eigenvalue weighted by molar-refractivity contribution is 0.0912. The average molecular weight is 332 g/mol. The quantitative estimate of drug-likeness (QED) is 0.640. The number of benzene rings is 1. The average Bonchev–Trinajstić information content (AvgIpc) is 2.58. The first kappa shape index (κ1) is 16.9. The fourth-order valence-corrected chi connectivity index (χ4v) is 3.54. The molecule has 1 saturated carbocycles. The number of anilines is 1. The van der Waals surface area contributed by atoms with Crippen molar-refractivity contribution in [3.8, 4) is 11.5 Å². The molecule has 0 spiro atoms. The van der Waals surface area contributed by atoms with Gasteiger partial charge in [-0.05, 0) is 50.9 Å². The molecule has 6 nitrogen and oxygen atoms in total. The molecular formula is C18H28N4O2. The maximum absolute atomic E-state index is 6.06. The number of guanidine groups is 1. The van der Waals surface area contributed by atoms with E-state index in [1.165, 1.54) is 32.4 Å². The van der Waals surface area contributed by atoms with Crippen LogP contribution in [0.3, 0.4) is 0 Å². The second kappa shape index (κ2) is 7.75. The van der Waals surface area contributed by atoms with Gasteiger partial charge in [0.2, 0.25) is 0 Å². The van der Waals surface area contributed by atoms with Gasteiger partial charge in [0.25, 0.3) is 0 Å². The number of methoxy groups -OCH3 is 2. The van der Waals surface area contributed by atoms with E-state index in [0.717, 1.165) is 18.5 Å². The Hall–Kier alpha value is -1.95. The molecule has 6 heteroatoms. The van der Waals surface area contributed by atoms with Crippen LogP contribution in [0, 0.1) is 0 Å². The van der Waals surface area contributed by atoms with Gasteiger partial charge in [-0.15, -0.1) is 0 Å². The maximum Gasteiger partial charge on any atom is 0.193 e. The number of nitrogens with one attached hydrogen (secondary N) is 1. The molecule has 2 fully saturated rings. The van der Waals surface area contributed by atoms with Gasteiger partial charge in [0.15, 0.2) is 17.5 Å². The van der Waals surface area contributed by atoms with Crippen LogP contribution in [0.15, 0.2) is 23.2 Å². The van der Waals surface area contributed by atoms with Gasteiger partial charge >= 0.3 is 0 Å². The summed E-state index contributed by atoms with van der Waals surface area (Å²) in [6.45, 7) is 2.50. The summed E-state index contributed by atoms with van der Waals surface area (Å²) in [4.78, 5) is 7.22. The summed E-state index contributed by atoms with van der Waals surface area (Å²) in [5.74, 6) is 1.83. The first-order chi connectivity index (χ1) is 11.7. The van der Waals surface area contributed by atoms with Crippen molar-refractivity contribution in [2.75, 3.05) is 32.6 Å². The van der Waals surface area contributed by atoms with E-state index in [-0.39, 0.29) is 0 Å². The zero-order valence-electron chi connectivity index (χ0n) is 14.6. The molecule has 1 aromatic rings. The highest BCUT2D eigenvalue weighted by Gasteiger charge is 2.33. The van der Waals surface area contributed by atoms with E-state index in [9.17, 15) is 0 Å². The van der Waals surface area contributed by atoms with E-state index in [1.807, 2.05) is 18.2 Å². The third-order valence-corrected chi connectivity index (χ3v) is 4.97. The predicted molar refractivity (Wildman–Crippen MR) is 97.0 cm³/mol. The number of hydrogen-bond donors (Lipinski definition) is 2. The molecule has 2 aliphatic rings. The predicted octanol–water partition coefficient (Wildman–Crippen LogP) is 2.45. The summed E-state index contributed by atoms with van der Waals surface area (Å²) in [6, 6.07) is 6.65. The van der Waals surface area contributed by atoms with Crippen LogP contribution in [0.2, 0.25) is 0 Å². The van der Waals surface area contributed by atoms with Gasteiger partial charge in [-0.1, -0.05) is 6.42 Å².